The molecule has 0 amide bonds. The van der Waals surface area contributed by atoms with Gasteiger partial charge < -0.3 is 18.9 Å². The van der Waals surface area contributed by atoms with Crippen molar-refractivity contribution in [2.45, 2.75) is 6.92 Å². The summed E-state index contributed by atoms with van der Waals surface area (Å²) in [5.41, 5.74) is 36.0. The van der Waals surface area contributed by atoms with Crippen molar-refractivity contribution >= 4 is 132 Å². The average molecular weight is 1690 g/mol. The smallest absolute Gasteiger partial charge is 0.0541 e. The van der Waals surface area contributed by atoms with Crippen molar-refractivity contribution in [3.63, 3.8) is 0 Å². The number of aromatic nitrogens is 2. The zero-order valence-corrected chi connectivity index (χ0v) is 73.2. The average Bonchev–Trinajstić information content (AvgIpc) is 0.855. The van der Waals surface area contributed by atoms with E-state index in [0.717, 1.165) is 67.6 Å². The van der Waals surface area contributed by atoms with Gasteiger partial charge in [-0.2, -0.15) is 0 Å². The number of nitrogens with zero attached hydrogens (tertiary/aromatic N) is 4. The van der Waals surface area contributed by atoms with Crippen LogP contribution in [-0.4, -0.2) is 9.13 Å². The summed E-state index contributed by atoms with van der Waals surface area (Å²) in [6.07, 6.45) is 0. The second-order valence-electron chi connectivity index (χ2n) is 35.2. The van der Waals surface area contributed by atoms with Crippen molar-refractivity contribution in [2.24, 2.45) is 0 Å². The molecule has 25 rings (SSSR count). The molecular weight excluding hydrogens is 1610 g/mol. The van der Waals surface area contributed by atoms with E-state index in [1.165, 1.54) is 181 Å². The lowest BCUT2D eigenvalue weighted by molar-refractivity contribution is 1.17. The number of rotatable bonds is 17. The SMILES string of the molecule is Cc1ccc(-c2ccc(-c3ccc(N(c4ccc(-c5ccc(-c6cc7cccc(-c8cccc(-c9ccc(-c%10ccc%11cc(N(c%12ccc(-c%13ccc(-c%14cc%15ccccc%15c%15ccccc%14%15)cc%13)cc%12)c%12ccc(-n%13c%14ccccc%14c%14ccccc%14%13)cc%12)ccc%11c%10)cc9)c8)c7c7ccccc67)cc5)cc4)c4ccc(-n5c6ccccc6c6ccccc65)cc4)cc3)cc2)cc1. The molecule has 23 aromatic carbocycles. The summed E-state index contributed by atoms with van der Waals surface area (Å²) in [5, 5.41) is 17.3. The van der Waals surface area contributed by atoms with Crippen molar-refractivity contribution < 1.29 is 0 Å². The minimum atomic E-state index is 1.07. The van der Waals surface area contributed by atoms with Crippen LogP contribution in [0.1, 0.15) is 5.56 Å². The van der Waals surface area contributed by atoms with Crippen molar-refractivity contribution in [2.75, 3.05) is 9.80 Å². The maximum Gasteiger partial charge on any atom is 0.0541 e. The first-order valence-corrected chi connectivity index (χ1v) is 45.9. The summed E-state index contributed by atoms with van der Waals surface area (Å²) in [5.74, 6) is 0. The van der Waals surface area contributed by atoms with E-state index in [9.17, 15) is 0 Å². The maximum absolute atomic E-state index is 2.40. The summed E-state index contributed by atoms with van der Waals surface area (Å²) in [6, 6.07) is 186. The molecule has 0 fully saturated rings. The highest BCUT2D eigenvalue weighted by Gasteiger charge is 2.23. The minimum absolute atomic E-state index is 1.07. The molecule has 0 saturated carbocycles. The molecule has 622 valence electrons. The predicted molar refractivity (Wildman–Crippen MR) is 566 cm³/mol. The van der Waals surface area contributed by atoms with Crippen LogP contribution in [0, 0.1) is 6.92 Å². The Hall–Kier alpha value is -17.4. The van der Waals surface area contributed by atoms with Crippen LogP contribution in [0.4, 0.5) is 34.1 Å². The van der Waals surface area contributed by atoms with Gasteiger partial charge >= 0.3 is 0 Å². The van der Waals surface area contributed by atoms with Gasteiger partial charge in [0.05, 0.1) is 22.1 Å². The monoisotopic (exact) mass is 1690 g/mol. The molecule has 0 aliphatic rings. The van der Waals surface area contributed by atoms with Crippen LogP contribution in [-0.2, 0) is 0 Å². The van der Waals surface area contributed by atoms with Crippen LogP contribution >= 0.6 is 0 Å². The van der Waals surface area contributed by atoms with E-state index in [-0.39, 0.29) is 0 Å². The van der Waals surface area contributed by atoms with E-state index in [1.54, 1.807) is 0 Å². The lowest BCUT2D eigenvalue weighted by Gasteiger charge is -2.26. The van der Waals surface area contributed by atoms with Crippen LogP contribution < -0.4 is 9.80 Å². The number of benzene rings is 23. The van der Waals surface area contributed by atoms with Gasteiger partial charge in [0.15, 0.2) is 0 Å². The minimum Gasteiger partial charge on any atom is -0.311 e. The highest BCUT2D eigenvalue weighted by atomic mass is 15.1. The number of hydrogen-bond donors (Lipinski definition) is 0. The van der Waals surface area contributed by atoms with Gasteiger partial charge in [0.25, 0.3) is 0 Å². The van der Waals surface area contributed by atoms with Crippen LogP contribution in [0.3, 0.4) is 0 Å². The van der Waals surface area contributed by atoms with E-state index in [0.29, 0.717) is 0 Å². The maximum atomic E-state index is 2.40. The Morgan fingerprint density at radius 1 is 0.150 bits per heavy atom. The number of aryl methyl sites for hydroxylation is 1. The Morgan fingerprint density at radius 3 is 0.887 bits per heavy atom. The predicted octanol–water partition coefficient (Wildman–Crippen LogP) is 35.9. The molecule has 0 unspecified atom stereocenters. The summed E-state index contributed by atoms with van der Waals surface area (Å²) < 4.78 is 4.77. The van der Waals surface area contributed by atoms with Gasteiger partial charge in [-0.3, -0.25) is 0 Å². The third kappa shape index (κ3) is 14.0. The largest absolute Gasteiger partial charge is 0.311 e. The number of para-hydroxylation sites is 4. The third-order valence-corrected chi connectivity index (χ3v) is 27.4. The molecule has 133 heavy (non-hydrogen) atoms. The quantitative estimate of drug-likeness (QED) is 0.0845. The van der Waals surface area contributed by atoms with Gasteiger partial charge in [0, 0.05) is 67.0 Å². The summed E-state index contributed by atoms with van der Waals surface area (Å²) in [6.45, 7) is 2.13. The van der Waals surface area contributed by atoms with E-state index in [2.05, 4.69) is 529 Å². The van der Waals surface area contributed by atoms with Crippen molar-refractivity contribution in [1.29, 1.82) is 0 Å². The molecule has 0 atom stereocenters. The van der Waals surface area contributed by atoms with Gasteiger partial charge in [-0.05, 0) is 307 Å². The first kappa shape index (κ1) is 77.9. The van der Waals surface area contributed by atoms with Gasteiger partial charge in [-0.25, -0.2) is 0 Å². The molecule has 0 N–H and O–H groups in total. The molecule has 2 heterocycles. The molecule has 0 saturated heterocycles. The van der Waals surface area contributed by atoms with Gasteiger partial charge in [0.2, 0.25) is 0 Å². The molecule has 0 spiro atoms. The fourth-order valence-electron chi connectivity index (χ4n) is 20.7. The number of hydrogen-bond acceptors (Lipinski definition) is 2. The van der Waals surface area contributed by atoms with Crippen LogP contribution in [0.2, 0.25) is 0 Å². The van der Waals surface area contributed by atoms with Gasteiger partial charge in [-0.15, -0.1) is 0 Å². The molecule has 25 aromatic rings. The first-order valence-electron chi connectivity index (χ1n) is 45.9. The van der Waals surface area contributed by atoms with E-state index >= 15 is 0 Å². The molecule has 0 radical (unpaired) electrons. The zero-order chi connectivity index (χ0) is 88.0. The topological polar surface area (TPSA) is 16.3 Å². The lowest BCUT2D eigenvalue weighted by atomic mass is 9.88. The van der Waals surface area contributed by atoms with Crippen molar-refractivity contribution in [1.82, 2.24) is 9.13 Å². The summed E-state index contributed by atoms with van der Waals surface area (Å²) in [7, 11) is 0. The van der Waals surface area contributed by atoms with E-state index in [4.69, 9.17) is 0 Å². The normalized spacial score (nSPS) is 11.6. The number of anilines is 6. The van der Waals surface area contributed by atoms with Crippen LogP contribution in [0.5, 0.6) is 0 Å². The molecule has 4 heteroatoms. The molecule has 0 aliphatic carbocycles. The fraction of sp³-hybridized carbons (Fsp3) is 0.00775. The molecule has 4 nitrogen and oxygen atoms in total. The zero-order valence-electron chi connectivity index (χ0n) is 73.2. The Labute approximate surface area is 772 Å². The van der Waals surface area contributed by atoms with E-state index < -0.39 is 0 Å². The number of fused-ring (bicyclic) bond motifs is 13. The second kappa shape index (κ2) is 32.7. The first-order chi connectivity index (χ1) is 65.8. The third-order valence-electron chi connectivity index (χ3n) is 27.4. The molecule has 2 aromatic heterocycles. The van der Waals surface area contributed by atoms with Gasteiger partial charge in [-0.1, -0.05) is 363 Å². The highest BCUT2D eigenvalue weighted by molar-refractivity contribution is 6.20. The summed E-state index contributed by atoms with van der Waals surface area (Å²) in [4.78, 5) is 4.76. The van der Waals surface area contributed by atoms with Gasteiger partial charge in [0.1, 0.15) is 0 Å². The fourth-order valence-corrected chi connectivity index (χ4v) is 20.7. The molecule has 0 aliphatic heterocycles. The molecular formula is C129H86N4. The van der Waals surface area contributed by atoms with Crippen LogP contribution in [0.25, 0.3) is 209 Å². The molecule has 0 bridgehead atoms. The second-order valence-corrected chi connectivity index (χ2v) is 35.2. The summed E-state index contributed by atoms with van der Waals surface area (Å²) >= 11 is 0. The Bertz CT molecular complexity index is 8690. The highest BCUT2D eigenvalue weighted by Crippen LogP contribution is 2.47. The Morgan fingerprint density at radius 2 is 0.436 bits per heavy atom. The van der Waals surface area contributed by atoms with Crippen LogP contribution in [0.15, 0.2) is 504 Å². The lowest BCUT2D eigenvalue weighted by Crippen LogP contribution is -2.10. The Balaban J connectivity index is 0.482. The van der Waals surface area contributed by atoms with Crippen molar-refractivity contribution in [3.8, 4) is 112 Å². The standard InChI is InChI=1S/C129H86N4/c1-85-36-38-86(39-37-85)87-40-42-88(43-41-87)91-58-65-105(66-59-91)130(108-72-76-110(77-73-108)132-125-32-12-8-26-118(125)119-27-9-13-33-126(119)132)106-67-60-92(61-68-106)90-50-54-97(55-51-90)124-84-104-21-17-31-114(129(104)122-30-7-6-25-117(122)124)102-20-16-19-98(81-102)94-44-46-95(47-45-94)99-56-57-101-82-112(71-64-100(101)80-99)131(109-74-78-111(79-75-109)133-127-34-14-10-28-120(127)121-29-11-15-35-128(121)133)107-69-62-93(63-70-107)89-48-52-96(53-49-89)123-83-103-18-2-3-22-113(103)115-23-4-5-24-116(115)123/h2-84H,1H3. The Kier molecular flexibility index (Phi) is 19.1. The van der Waals surface area contributed by atoms with E-state index in [1.807, 2.05) is 0 Å². The van der Waals surface area contributed by atoms with Crippen molar-refractivity contribution in [3.05, 3.63) is 509 Å².